The third-order valence-electron chi connectivity index (χ3n) is 5.64. The summed E-state index contributed by atoms with van der Waals surface area (Å²) in [4.78, 5) is 12.6. The number of carbonyl (C=O) groups is 1. The molecule has 0 aromatic carbocycles. The predicted octanol–water partition coefficient (Wildman–Crippen LogP) is 4.10. The van der Waals surface area contributed by atoms with Crippen molar-refractivity contribution in [3.63, 3.8) is 0 Å². The van der Waals surface area contributed by atoms with Crippen LogP contribution >= 0.6 is 0 Å². The first-order chi connectivity index (χ1) is 9.11. The predicted molar refractivity (Wildman–Crippen MR) is 75.6 cm³/mol. The van der Waals surface area contributed by atoms with Crippen LogP contribution in [0.25, 0.3) is 0 Å². The van der Waals surface area contributed by atoms with Crippen molar-refractivity contribution in [3.05, 3.63) is 12.2 Å². The summed E-state index contributed by atoms with van der Waals surface area (Å²) in [5.74, 6) is 1.78. The molecule has 3 aliphatic carbocycles. The number of hydrogen-bond acceptors (Lipinski definition) is 2. The van der Waals surface area contributed by atoms with E-state index in [-0.39, 0.29) is 17.5 Å². The molecule has 2 heteroatoms. The molecule has 0 radical (unpaired) electrons. The quantitative estimate of drug-likeness (QED) is 0.565. The third kappa shape index (κ3) is 2.34. The van der Waals surface area contributed by atoms with Crippen LogP contribution in [-0.2, 0) is 9.53 Å². The molecular weight excluding hydrogens is 236 g/mol. The average Bonchev–Trinajstić information content (AvgIpc) is 3.02. The number of esters is 1. The van der Waals surface area contributed by atoms with Gasteiger partial charge in [-0.2, -0.15) is 0 Å². The zero-order valence-electron chi connectivity index (χ0n) is 12.2. The Morgan fingerprint density at radius 3 is 2.42 bits per heavy atom. The fraction of sp³-hybridized carbons (Fsp3) is 0.824. The van der Waals surface area contributed by atoms with Crippen molar-refractivity contribution < 1.29 is 9.53 Å². The van der Waals surface area contributed by atoms with Crippen molar-refractivity contribution in [3.8, 4) is 0 Å². The summed E-state index contributed by atoms with van der Waals surface area (Å²) in [6, 6.07) is 0. The molecule has 2 nitrogen and oxygen atoms in total. The largest absolute Gasteiger partial charge is 0.459 e. The fourth-order valence-corrected chi connectivity index (χ4v) is 4.28. The Morgan fingerprint density at radius 2 is 1.89 bits per heavy atom. The van der Waals surface area contributed by atoms with Crippen molar-refractivity contribution >= 4 is 5.97 Å². The van der Waals surface area contributed by atoms with E-state index in [9.17, 15) is 4.79 Å². The first kappa shape index (κ1) is 13.2. The van der Waals surface area contributed by atoms with Gasteiger partial charge in [0, 0.05) is 0 Å². The molecule has 3 atom stereocenters. The van der Waals surface area contributed by atoms with Gasteiger partial charge in [0.2, 0.25) is 0 Å². The average molecular weight is 262 g/mol. The van der Waals surface area contributed by atoms with Crippen LogP contribution in [0.4, 0.5) is 0 Å². The van der Waals surface area contributed by atoms with Gasteiger partial charge in [-0.05, 0) is 56.3 Å². The van der Waals surface area contributed by atoms with E-state index in [4.69, 9.17) is 4.74 Å². The van der Waals surface area contributed by atoms with E-state index in [0.717, 1.165) is 19.3 Å². The van der Waals surface area contributed by atoms with E-state index < -0.39 is 0 Å². The molecule has 0 amide bonds. The minimum Gasteiger partial charge on any atom is -0.459 e. The lowest BCUT2D eigenvalue weighted by molar-refractivity contribution is -0.175. The lowest BCUT2D eigenvalue weighted by atomic mass is 9.76. The molecule has 0 spiro atoms. The van der Waals surface area contributed by atoms with Gasteiger partial charge in [-0.15, -0.1) is 0 Å². The second kappa shape index (κ2) is 4.96. The molecule has 3 unspecified atom stereocenters. The van der Waals surface area contributed by atoms with Gasteiger partial charge in [0.25, 0.3) is 0 Å². The fourth-order valence-electron chi connectivity index (χ4n) is 4.28. The summed E-state index contributed by atoms with van der Waals surface area (Å²) in [6.45, 7) is 4.42. The van der Waals surface area contributed by atoms with Crippen LogP contribution in [0.15, 0.2) is 12.2 Å². The Kier molecular flexibility index (Phi) is 3.44. The van der Waals surface area contributed by atoms with Crippen LogP contribution in [0.3, 0.4) is 0 Å². The zero-order valence-corrected chi connectivity index (χ0v) is 12.2. The summed E-state index contributed by atoms with van der Waals surface area (Å²) in [5, 5.41) is 0. The van der Waals surface area contributed by atoms with Gasteiger partial charge < -0.3 is 4.74 Å². The molecule has 0 aromatic heterocycles. The summed E-state index contributed by atoms with van der Waals surface area (Å²) < 4.78 is 6.10. The maximum Gasteiger partial charge on any atom is 0.310 e. The molecule has 0 saturated heterocycles. The first-order valence-electron chi connectivity index (χ1n) is 8.02. The maximum absolute atomic E-state index is 12.6. The van der Waals surface area contributed by atoms with Gasteiger partial charge in [0.15, 0.2) is 0 Å². The Bertz CT molecular complexity index is 377. The lowest BCUT2D eigenvalue weighted by Crippen LogP contribution is -2.44. The summed E-state index contributed by atoms with van der Waals surface area (Å²) in [5.41, 5.74) is -0.166. The Labute approximate surface area is 116 Å². The topological polar surface area (TPSA) is 26.3 Å². The molecule has 0 heterocycles. The number of fused-ring (bicyclic) bond motifs is 2. The van der Waals surface area contributed by atoms with Gasteiger partial charge in [-0.1, -0.05) is 32.4 Å². The zero-order chi connectivity index (χ0) is 13.5. The van der Waals surface area contributed by atoms with E-state index in [1.165, 1.54) is 25.7 Å². The highest BCUT2D eigenvalue weighted by Crippen LogP contribution is 2.46. The number of hydrogen-bond donors (Lipinski definition) is 0. The summed E-state index contributed by atoms with van der Waals surface area (Å²) in [6.07, 6.45) is 12.6. The van der Waals surface area contributed by atoms with E-state index in [0.29, 0.717) is 17.8 Å². The second-order valence-corrected chi connectivity index (χ2v) is 7.09. The maximum atomic E-state index is 12.6. The van der Waals surface area contributed by atoms with Crippen molar-refractivity contribution in [2.24, 2.45) is 23.7 Å². The molecule has 0 N–H and O–H groups in total. The molecule has 0 aromatic rings. The Hall–Kier alpha value is -0.790. The minimum atomic E-state index is -0.166. The van der Waals surface area contributed by atoms with Crippen LogP contribution in [0.5, 0.6) is 0 Å². The number of allylic oxidation sites excluding steroid dienone is 2. The number of rotatable bonds is 3. The molecule has 19 heavy (non-hydrogen) atoms. The SMILES string of the molecule is CC(C)C1(OC(=O)C2CC3C=CC2C3)CCCCC1. The highest BCUT2D eigenvalue weighted by Gasteiger charge is 2.45. The van der Waals surface area contributed by atoms with Crippen molar-refractivity contribution in [2.75, 3.05) is 0 Å². The van der Waals surface area contributed by atoms with Gasteiger partial charge >= 0.3 is 5.97 Å². The lowest BCUT2D eigenvalue weighted by Gasteiger charge is -2.41. The summed E-state index contributed by atoms with van der Waals surface area (Å²) in [7, 11) is 0. The second-order valence-electron chi connectivity index (χ2n) is 7.09. The van der Waals surface area contributed by atoms with E-state index >= 15 is 0 Å². The Morgan fingerprint density at radius 1 is 1.16 bits per heavy atom. The van der Waals surface area contributed by atoms with E-state index in [1.54, 1.807) is 0 Å². The van der Waals surface area contributed by atoms with Crippen LogP contribution in [0.2, 0.25) is 0 Å². The van der Waals surface area contributed by atoms with Gasteiger partial charge in [-0.3, -0.25) is 4.79 Å². The van der Waals surface area contributed by atoms with Crippen molar-refractivity contribution in [1.29, 1.82) is 0 Å². The van der Waals surface area contributed by atoms with Crippen LogP contribution in [-0.4, -0.2) is 11.6 Å². The molecule has 2 bridgehead atoms. The third-order valence-corrected chi connectivity index (χ3v) is 5.64. The highest BCUT2D eigenvalue weighted by molar-refractivity contribution is 5.74. The summed E-state index contributed by atoms with van der Waals surface area (Å²) >= 11 is 0. The normalized spacial score (nSPS) is 35.8. The first-order valence-corrected chi connectivity index (χ1v) is 8.02. The van der Waals surface area contributed by atoms with E-state index in [2.05, 4.69) is 26.0 Å². The molecule has 106 valence electrons. The van der Waals surface area contributed by atoms with Gasteiger partial charge in [0.1, 0.15) is 5.60 Å². The van der Waals surface area contributed by atoms with Crippen LogP contribution in [0.1, 0.15) is 58.8 Å². The number of ether oxygens (including phenoxy) is 1. The number of carbonyl (C=O) groups excluding carboxylic acids is 1. The highest BCUT2D eigenvalue weighted by atomic mass is 16.6. The van der Waals surface area contributed by atoms with Gasteiger partial charge in [-0.25, -0.2) is 0 Å². The molecule has 3 aliphatic rings. The van der Waals surface area contributed by atoms with Crippen LogP contribution in [0, 0.1) is 23.7 Å². The minimum absolute atomic E-state index is 0.0902. The van der Waals surface area contributed by atoms with Crippen LogP contribution < -0.4 is 0 Å². The molecule has 2 fully saturated rings. The smallest absolute Gasteiger partial charge is 0.310 e. The monoisotopic (exact) mass is 262 g/mol. The van der Waals surface area contributed by atoms with Crippen molar-refractivity contribution in [2.45, 2.75) is 64.4 Å². The van der Waals surface area contributed by atoms with E-state index in [1.807, 2.05) is 0 Å². The molecule has 2 saturated carbocycles. The standard InChI is InChI=1S/C17H26O2/c1-12(2)17(8-4-3-5-9-17)19-16(18)15-11-13-6-7-14(15)10-13/h6-7,12-15H,3-5,8-11H2,1-2H3. The Balaban J connectivity index is 1.68. The van der Waals surface area contributed by atoms with Crippen molar-refractivity contribution in [1.82, 2.24) is 0 Å². The molecule has 3 rings (SSSR count). The molecule has 0 aliphatic heterocycles. The van der Waals surface area contributed by atoms with Gasteiger partial charge in [0.05, 0.1) is 5.92 Å². The molecular formula is C17H26O2.